The minimum atomic E-state index is -3.23. The van der Waals surface area contributed by atoms with E-state index in [-0.39, 0.29) is 0 Å². The first-order chi connectivity index (χ1) is 10.2. The SMILES string of the molecule is O=S(=O)(N1CCCCC1)N1CCN(Cc2cccs2)CC1. The molecule has 3 rings (SSSR count). The smallest absolute Gasteiger partial charge is 0.282 e. The molecule has 0 aliphatic carbocycles. The largest absolute Gasteiger partial charge is 0.296 e. The van der Waals surface area contributed by atoms with Crippen LogP contribution in [0.2, 0.25) is 0 Å². The first-order valence-corrected chi connectivity index (χ1v) is 9.94. The number of rotatable bonds is 4. The summed E-state index contributed by atoms with van der Waals surface area (Å²) in [7, 11) is -3.23. The number of hydrogen-bond acceptors (Lipinski definition) is 4. The zero-order valence-electron chi connectivity index (χ0n) is 12.3. The van der Waals surface area contributed by atoms with Gasteiger partial charge in [-0.05, 0) is 24.3 Å². The zero-order chi connectivity index (χ0) is 14.7. The summed E-state index contributed by atoms with van der Waals surface area (Å²) in [4.78, 5) is 3.69. The lowest BCUT2D eigenvalue weighted by molar-refractivity contribution is 0.174. The number of piperidine rings is 1. The Bertz CT molecular complexity index is 531. The lowest BCUT2D eigenvalue weighted by Crippen LogP contribution is -2.53. The van der Waals surface area contributed by atoms with Gasteiger partial charge in [0.2, 0.25) is 0 Å². The molecule has 3 heterocycles. The van der Waals surface area contributed by atoms with Crippen molar-refractivity contribution in [3.8, 4) is 0 Å². The molecule has 0 radical (unpaired) electrons. The monoisotopic (exact) mass is 329 g/mol. The third kappa shape index (κ3) is 3.65. The van der Waals surface area contributed by atoms with Crippen LogP contribution in [-0.4, -0.2) is 61.2 Å². The van der Waals surface area contributed by atoms with Crippen molar-refractivity contribution >= 4 is 21.5 Å². The Morgan fingerprint density at radius 2 is 1.62 bits per heavy atom. The Labute approximate surface area is 131 Å². The van der Waals surface area contributed by atoms with Crippen LogP contribution in [0.15, 0.2) is 17.5 Å². The van der Waals surface area contributed by atoms with E-state index in [2.05, 4.69) is 22.4 Å². The van der Waals surface area contributed by atoms with Crippen LogP contribution in [0.5, 0.6) is 0 Å². The minimum Gasteiger partial charge on any atom is -0.296 e. The van der Waals surface area contributed by atoms with Crippen molar-refractivity contribution in [2.45, 2.75) is 25.8 Å². The van der Waals surface area contributed by atoms with Crippen molar-refractivity contribution in [2.24, 2.45) is 0 Å². The Morgan fingerprint density at radius 3 is 2.24 bits per heavy atom. The highest BCUT2D eigenvalue weighted by molar-refractivity contribution is 7.86. The third-order valence-electron chi connectivity index (χ3n) is 4.26. The first kappa shape index (κ1) is 15.4. The fraction of sp³-hybridized carbons (Fsp3) is 0.714. The Hall–Kier alpha value is -0.470. The summed E-state index contributed by atoms with van der Waals surface area (Å²) in [5, 5.41) is 2.09. The van der Waals surface area contributed by atoms with Crippen LogP contribution in [0.3, 0.4) is 0 Å². The zero-order valence-corrected chi connectivity index (χ0v) is 13.9. The quantitative estimate of drug-likeness (QED) is 0.843. The molecular weight excluding hydrogens is 306 g/mol. The van der Waals surface area contributed by atoms with Gasteiger partial charge >= 0.3 is 0 Å². The minimum absolute atomic E-state index is 0.615. The predicted molar refractivity (Wildman–Crippen MR) is 85.5 cm³/mol. The van der Waals surface area contributed by atoms with E-state index < -0.39 is 10.2 Å². The second-order valence-corrected chi connectivity index (χ2v) is 8.68. The molecule has 2 saturated heterocycles. The number of thiophene rings is 1. The summed E-state index contributed by atoms with van der Waals surface area (Å²) >= 11 is 1.76. The molecule has 0 saturated carbocycles. The topological polar surface area (TPSA) is 43.9 Å². The molecule has 0 bridgehead atoms. The molecule has 5 nitrogen and oxygen atoms in total. The van der Waals surface area contributed by atoms with E-state index in [1.165, 1.54) is 4.88 Å². The third-order valence-corrected chi connectivity index (χ3v) is 7.16. The number of nitrogens with zero attached hydrogens (tertiary/aromatic N) is 3. The van der Waals surface area contributed by atoms with Crippen molar-refractivity contribution in [3.05, 3.63) is 22.4 Å². The normalized spacial score (nSPS) is 23.4. The van der Waals surface area contributed by atoms with E-state index in [1.807, 2.05) is 0 Å². The van der Waals surface area contributed by atoms with E-state index in [0.717, 1.165) is 38.9 Å². The average molecular weight is 329 g/mol. The van der Waals surface area contributed by atoms with Crippen LogP contribution in [0, 0.1) is 0 Å². The van der Waals surface area contributed by atoms with Crippen molar-refractivity contribution in [1.82, 2.24) is 13.5 Å². The van der Waals surface area contributed by atoms with Gasteiger partial charge in [0.05, 0.1) is 0 Å². The molecule has 118 valence electrons. The summed E-state index contributed by atoms with van der Waals surface area (Å²) in [6.45, 7) is 5.20. The van der Waals surface area contributed by atoms with Gasteiger partial charge in [-0.15, -0.1) is 11.3 Å². The molecule has 0 unspecified atom stereocenters. The van der Waals surface area contributed by atoms with Crippen molar-refractivity contribution in [3.63, 3.8) is 0 Å². The number of hydrogen-bond donors (Lipinski definition) is 0. The van der Waals surface area contributed by atoms with E-state index in [9.17, 15) is 8.42 Å². The van der Waals surface area contributed by atoms with Crippen LogP contribution in [0.25, 0.3) is 0 Å². The van der Waals surface area contributed by atoms with Gasteiger partial charge in [-0.3, -0.25) is 4.90 Å². The molecule has 0 spiro atoms. The van der Waals surface area contributed by atoms with Crippen molar-refractivity contribution in [1.29, 1.82) is 0 Å². The van der Waals surface area contributed by atoms with Gasteiger partial charge in [0, 0.05) is 50.7 Å². The summed E-state index contributed by atoms with van der Waals surface area (Å²) in [5.74, 6) is 0. The standard InChI is InChI=1S/C14H23N3O2S2/c18-21(19,16-6-2-1-3-7-16)17-10-8-15(9-11-17)13-14-5-4-12-20-14/h4-5,12H,1-3,6-11,13H2. The maximum absolute atomic E-state index is 12.6. The van der Waals surface area contributed by atoms with Crippen LogP contribution in [0.1, 0.15) is 24.1 Å². The average Bonchev–Trinajstić information content (AvgIpc) is 3.02. The Kier molecular flexibility index (Phi) is 4.96. The molecule has 7 heteroatoms. The van der Waals surface area contributed by atoms with Gasteiger partial charge in [-0.2, -0.15) is 17.0 Å². The molecular formula is C14H23N3O2S2. The molecule has 2 aliphatic rings. The summed E-state index contributed by atoms with van der Waals surface area (Å²) in [6.07, 6.45) is 3.15. The molecule has 0 aromatic carbocycles. The highest BCUT2D eigenvalue weighted by atomic mass is 32.2. The second kappa shape index (κ2) is 6.75. The van der Waals surface area contributed by atoms with Crippen LogP contribution < -0.4 is 0 Å². The van der Waals surface area contributed by atoms with Gasteiger partial charge in [-0.25, -0.2) is 0 Å². The molecule has 2 aliphatic heterocycles. The molecule has 21 heavy (non-hydrogen) atoms. The molecule has 0 atom stereocenters. The maximum Gasteiger partial charge on any atom is 0.282 e. The number of piperazine rings is 1. The fourth-order valence-electron chi connectivity index (χ4n) is 3.00. The Balaban J connectivity index is 1.55. The summed E-state index contributed by atoms with van der Waals surface area (Å²) in [6, 6.07) is 4.21. The van der Waals surface area contributed by atoms with Gasteiger partial charge in [0.15, 0.2) is 0 Å². The van der Waals surface area contributed by atoms with E-state index >= 15 is 0 Å². The van der Waals surface area contributed by atoms with Crippen LogP contribution in [-0.2, 0) is 16.8 Å². The van der Waals surface area contributed by atoms with E-state index in [0.29, 0.717) is 26.2 Å². The highest BCUT2D eigenvalue weighted by Gasteiger charge is 2.32. The maximum atomic E-state index is 12.6. The van der Waals surface area contributed by atoms with Crippen molar-refractivity contribution in [2.75, 3.05) is 39.3 Å². The van der Waals surface area contributed by atoms with E-state index in [4.69, 9.17) is 0 Å². The Morgan fingerprint density at radius 1 is 0.952 bits per heavy atom. The van der Waals surface area contributed by atoms with Gasteiger partial charge < -0.3 is 0 Å². The summed E-state index contributed by atoms with van der Waals surface area (Å²) < 4.78 is 28.5. The van der Waals surface area contributed by atoms with E-state index in [1.54, 1.807) is 19.9 Å². The first-order valence-electron chi connectivity index (χ1n) is 7.66. The molecule has 1 aromatic rings. The predicted octanol–water partition coefficient (Wildman–Crippen LogP) is 1.60. The molecule has 2 fully saturated rings. The molecule has 1 aromatic heterocycles. The van der Waals surface area contributed by atoms with Crippen molar-refractivity contribution < 1.29 is 8.42 Å². The lowest BCUT2D eigenvalue weighted by Gasteiger charge is -2.37. The van der Waals surface area contributed by atoms with Gasteiger partial charge in [0.1, 0.15) is 0 Å². The highest BCUT2D eigenvalue weighted by Crippen LogP contribution is 2.19. The fourth-order valence-corrected chi connectivity index (χ4v) is 5.42. The summed E-state index contributed by atoms with van der Waals surface area (Å²) in [5.41, 5.74) is 0. The molecule has 0 N–H and O–H groups in total. The molecule has 0 amide bonds. The van der Waals surface area contributed by atoms with Gasteiger partial charge in [-0.1, -0.05) is 12.5 Å². The van der Waals surface area contributed by atoms with Crippen LogP contribution in [0.4, 0.5) is 0 Å². The lowest BCUT2D eigenvalue weighted by atomic mass is 10.2. The van der Waals surface area contributed by atoms with Crippen LogP contribution >= 0.6 is 11.3 Å². The second-order valence-electron chi connectivity index (χ2n) is 5.72. The van der Waals surface area contributed by atoms with Gasteiger partial charge in [0.25, 0.3) is 10.2 Å².